The van der Waals surface area contributed by atoms with Gasteiger partial charge in [-0.15, -0.1) is 15.7 Å². The molecular weight excluding hydrogens is 591 g/mol. The number of hydrogen-bond acceptors (Lipinski definition) is 10. The molecular formula is C27H30ClFN6O4S2. The van der Waals surface area contributed by atoms with Crippen LogP contribution in [0.1, 0.15) is 38.4 Å². The summed E-state index contributed by atoms with van der Waals surface area (Å²) >= 11 is 7.89. The van der Waals surface area contributed by atoms with Gasteiger partial charge < -0.3 is 14.9 Å². The molecule has 2 atom stereocenters. The highest BCUT2D eigenvalue weighted by molar-refractivity contribution is 8.24. The summed E-state index contributed by atoms with van der Waals surface area (Å²) in [6, 6.07) is 4.91. The van der Waals surface area contributed by atoms with E-state index < -0.39 is 16.8 Å². The average Bonchev–Trinajstić information content (AvgIpc) is 3.36. The van der Waals surface area contributed by atoms with Crippen molar-refractivity contribution in [2.24, 2.45) is 4.40 Å². The van der Waals surface area contributed by atoms with Crippen molar-refractivity contribution in [3.63, 3.8) is 0 Å². The number of rotatable bonds is 5. The van der Waals surface area contributed by atoms with Crippen LogP contribution in [0, 0.1) is 5.82 Å². The molecule has 1 aromatic carbocycles. The number of amidine groups is 1. The van der Waals surface area contributed by atoms with Gasteiger partial charge >= 0.3 is 0 Å². The summed E-state index contributed by atoms with van der Waals surface area (Å²) < 4.78 is 43.8. The molecule has 2 aliphatic rings. The molecule has 10 nitrogen and oxygen atoms in total. The number of thiazole rings is 1. The summed E-state index contributed by atoms with van der Waals surface area (Å²) in [6.07, 6.45) is 2.60. The predicted molar refractivity (Wildman–Crippen MR) is 161 cm³/mol. The van der Waals surface area contributed by atoms with Gasteiger partial charge in [0.05, 0.1) is 33.0 Å². The van der Waals surface area contributed by atoms with Crippen molar-refractivity contribution in [3.05, 3.63) is 64.5 Å². The quantitative estimate of drug-likeness (QED) is 0.286. The van der Waals surface area contributed by atoms with E-state index >= 15 is 0 Å². The van der Waals surface area contributed by atoms with E-state index in [0.717, 1.165) is 6.42 Å². The van der Waals surface area contributed by atoms with Crippen LogP contribution in [0.2, 0.25) is 5.02 Å². The lowest BCUT2D eigenvalue weighted by molar-refractivity contribution is -0.130. The molecule has 41 heavy (non-hydrogen) atoms. The Morgan fingerprint density at radius 1 is 1.29 bits per heavy atom. The Kier molecular flexibility index (Phi) is 8.01. The number of phenolic OH excluding ortho intramolecular Hbond substituents is 1. The Morgan fingerprint density at radius 3 is 2.73 bits per heavy atom. The maximum atomic E-state index is 15.0. The number of carbonyl (C=O) groups excluding carboxylic acids is 1. The highest BCUT2D eigenvalue weighted by Crippen LogP contribution is 2.58. The Hall–Kier alpha value is -3.23. The third-order valence-electron chi connectivity index (χ3n) is 7.08. The van der Waals surface area contributed by atoms with Crippen LogP contribution in [0.4, 0.5) is 15.2 Å². The Bertz CT molecular complexity index is 1530. The lowest BCUT2D eigenvalue weighted by Crippen LogP contribution is -2.59. The van der Waals surface area contributed by atoms with Crippen LogP contribution in [0.25, 0.3) is 11.3 Å². The summed E-state index contributed by atoms with van der Waals surface area (Å²) in [4.78, 5) is 25.1. The number of phenols is 1. The first-order valence-corrected chi connectivity index (χ1v) is 15.7. The minimum atomic E-state index is -3.92. The fraction of sp³-hybridized carbons (Fsp3) is 0.333. The summed E-state index contributed by atoms with van der Waals surface area (Å²) in [5.41, 5.74) is 2.35. The molecule has 0 spiro atoms. The van der Waals surface area contributed by atoms with Gasteiger partial charge in [0.1, 0.15) is 16.6 Å². The molecule has 0 radical (unpaired) electrons. The van der Waals surface area contributed by atoms with Crippen molar-refractivity contribution in [2.45, 2.75) is 45.7 Å². The van der Waals surface area contributed by atoms with Gasteiger partial charge in [-0.2, -0.15) is 4.31 Å². The number of aryl methyl sites for hydroxylation is 1. The molecule has 0 bridgehead atoms. The third-order valence-corrected chi connectivity index (χ3v) is 9.60. The zero-order valence-electron chi connectivity index (χ0n) is 22.7. The van der Waals surface area contributed by atoms with E-state index in [1.165, 1.54) is 39.9 Å². The maximum Gasteiger partial charge on any atom is 0.246 e. The minimum absolute atomic E-state index is 0.0365. The van der Waals surface area contributed by atoms with Gasteiger partial charge in [-0.25, -0.2) is 14.4 Å². The molecule has 5 rings (SSSR count). The number of fused-ring (bicyclic) bond motifs is 1. The fourth-order valence-electron chi connectivity index (χ4n) is 5.14. The normalized spacial score (nSPS) is 20.9. The first-order chi connectivity index (χ1) is 19.5. The van der Waals surface area contributed by atoms with E-state index in [1.807, 2.05) is 25.7 Å². The minimum Gasteiger partial charge on any atom is -0.507 e. The van der Waals surface area contributed by atoms with E-state index in [0.29, 0.717) is 35.8 Å². The van der Waals surface area contributed by atoms with Crippen molar-refractivity contribution in [1.29, 1.82) is 0 Å². The zero-order chi connectivity index (χ0) is 29.6. The highest BCUT2D eigenvalue weighted by Gasteiger charge is 2.42. The molecule has 1 saturated heterocycles. The van der Waals surface area contributed by atoms with Gasteiger partial charge in [-0.05, 0) is 55.5 Å². The standard InChI is InChI=1S/C27H30ClFN6O4S2/c1-5-8-20-27(40-14-30-20)35-25-17(11-18(28)24(31-25)23-19(29)9-7-10-21(23)36)26(32-41(35,38)39)34-13-15(3)33(12-16(34)4)22(37)6-2/h6-7,9-11,14-16,36,38-39H,2,5,8,12-13H2,1,3-4H3/t15-,16+/m1/s1. The molecule has 1 amide bonds. The number of aromatic nitrogens is 2. The number of piperazine rings is 1. The van der Waals surface area contributed by atoms with Crippen molar-refractivity contribution in [2.75, 3.05) is 17.4 Å². The number of pyridine rings is 1. The second-order valence-corrected chi connectivity index (χ2v) is 12.7. The summed E-state index contributed by atoms with van der Waals surface area (Å²) in [5.74, 6) is -0.975. The van der Waals surface area contributed by atoms with Gasteiger partial charge in [0.2, 0.25) is 5.91 Å². The number of hydrogen-bond donors (Lipinski definition) is 3. The van der Waals surface area contributed by atoms with Gasteiger partial charge in [0.25, 0.3) is 0 Å². The molecule has 0 aliphatic carbocycles. The lowest BCUT2D eigenvalue weighted by atomic mass is 10.0. The van der Waals surface area contributed by atoms with Crippen molar-refractivity contribution >= 4 is 56.5 Å². The number of amides is 1. The first kappa shape index (κ1) is 29.3. The smallest absolute Gasteiger partial charge is 0.246 e. The van der Waals surface area contributed by atoms with Crippen LogP contribution in [0.5, 0.6) is 5.75 Å². The molecule has 3 N–H and O–H groups in total. The second kappa shape index (κ2) is 11.2. The molecule has 3 aromatic rings. The molecule has 2 aromatic heterocycles. The number of anilines is 2. The van der Waals surface area contributed by atoms with E-state index in [4.69, 9.17) is 11.6 Å². The zero-order valence-corrected chi connectivity index (χ0v) is 25.0. The Morgan fingerprint density at radius 2 is 2.05 bits per heavy atom. The number of carbonyl (C=O) groups is 1. The summed E-state index contributed by atoms with van der Waals surface area (Å²) in [5, 5.41) is 11.0. The maximum absolute atomic E-state index is 15.0. The predicted octanol–water partition coefficient (Wildman–Crippen LogP) is 6.24. The number of benzene rings is 1. The summed E-state index contributed by atoms with van der Waals surface area (Å²) in [6.45, 7) is 10.1. The number of aromatic hydroxyl groups is 1. The molecule has 1 fully saturated rings. The molecule has 0 unspecified atom stereocenters. The molecule has 2 aliphatic heterocycles. The first-order valence-electron chi connectivity index (χ1n) is 13.0. The van der Waals surface area contributed by atoms with Crippen molar-refractivity contribution in [3.8, 4) is 17.0 Å². The Labute approximate surface area is 248 Å². The highest BCUT2D eigenvalue weighted by atomic mass is 35.5. The molecule has 0 saturated carbocycles. The van der Waals surface area contributed by atoms with Gasteiger partial charge in [0, 0.05) is 25.2 Å². The van der Waals surface area contributed by atoms with E-state index in [-0.39, 0.29) is 51.7 Å². The number of nitrogens with zero attached hydrogens (tertiary/aromatic N) is 6. The molecule has 4 heterocycles. The van der Waals surface area contributed by atoms with Crippen LogP contribution < -0.4 is 4.31 Å². The van der Waals surface area contributed by atoms with Crippen LogP contribution in [0.15, 0.2) is 46.8 Å². The van der Waals surface area contributed by atoms with E-state index in [9.17, 15) is 23.4 Å². The SMILES string of the molecule is C=CC(=O)N1C[C@H](C)N(C2=NS(O)(O)N(c3scnc3CCC)c3nc(-c4c(O)cccc4F)c(Cl)cc32)C[C@H]1C. The van der Waals surface area contributed by atoms with Crippen molar-refractivity contribution < 1.29 is 23.4 Å². The van der Waals surface area contributed by atoms with Crippen LogP contribution in [-0.2, 0) is 11.2 Å². The average molecular weight is 621 g/mol. The van der Waals surface area contributed by atoms with Gasteiger partial charge in [0.15, 0.2) is 11.7 Å². The lowest BCUT2D eigenvalue weighted by Gasteiger charge is -2.49. The largest absolute Gasteiger partial charge is 0.507 e. The van der Waals surface area contributed by atoms with E-state index in [1.54, 1.807) is 16.5 Å². The monoisotopic (exact) mass is 620 g/mol. The Balaban J connectivity index is 1.72. The van der Waals surface area contributed by atoms with Crippen LogP contribution >= 0.6 is 33.9 Å². The van der Waals surface area contributed by atoms with E-state index in [2.05, 4.69) is 20.9 Å². The molecule has 14 heteroatoms. The number of halogens is 2. The summed E-state index contributed by atoms with van der Waals surface area (Å²) in [7, 11) is -3.92. The second-order valence-electron chi connectivity index (χ2n) is 9.92. The van der Waals surface area contributed by atoms with Gasteiger partial charge in [-0.1, -0.05) is 37.6 Å². The molecule has 218 valence electrons. The topological polar surface area (TPSA) is 126 Å². The third kappa shape index (κ3) is 5.17. The van der Waals surface area contributed by atoms with Gasteiger partial charge in [-0.3, -0.25) is 13.9 Å². The van der Waals surface area contributed by atoms with Crippen LogP contribution in [0.3, 0.4) is 0 Å². The van der Waals surface area contributed by atoms with Crippen molar-refractivity contribution in [1.82, 2.24) is 19.8 Å². The fourth-order valence-corrected chi connectivity index (χ4v) is 7.78. The van der Waals surface area contributed by atoms with Crippen LogP contribution in [-0.4, -0.2) is 70.9 Å².